The monoisotopic (exact) mass is 230 g/mol. The van der Waals surface area contributed by atoms with Crippen LogP contribution < -0.4 is 0 Å². The van der Waals surface area contributed by atoms with Crippen molar-refractivity contribution in [3.05, 3.63) is 57.4 Å². The predicted molar refractivity (Wildman–Crippen MR) is 66.6 cm³/mol. The lowest BCUT2D eigenvalue weighted by molar-refractivity contribution is -0.385. The number of nitro groups is 1. The van der Waals surface area contributed by atoms with E-state index in [4.69, 9.17) is 0 Å². The van der Waals surface area contributed by atoms with Crippen molar-refractivity contribution in [3.8, 4) is 5.69 Å². The van der Waals surface area contributed by atoms with Crippen LogP contribution >= 0.6 is 0 Å². The molecule has 0 fully saturated rings. The van der Waals surface area contributed by atoms with Gasteiger partial charge in [0.1, 0.15) is 0 Å². The Morgan fingerprint density at radius 2 is 1.65 bits per heavy atom. The Morgan fingerprint density at radius 3 is 2.12 bits per heavy atom. The molecule has 0 aliphatic carbocycles. The highest BCUT2D eigenvalue weighted by Crippen LogP contribution is 2.23. The number of hydrogen-bond acceptors (Lipinski definition) is 2. The summed E-state index contributed by atoms with van der Waals surface area (Å²) < 4.78 is 2.08. The quantitative estimate of drug-likeness (QED) is 0.587. The van der Waals surface area contributed by atoms with E-state index in [9.17, 15) is 10.1 Å². The first kappa shape index (κ1) is 11.4. The molecule has 0 atom stereocenters. The van der Waals surface area contributed by atoms with Crippen LogP contribution in [0, 0.1) is 30.9 Å². The summed E-state index contributed by atoms with van der Waals surface area (Å²) in [5, 5.41) is 10.8. The molecule has 1 aromatic heterocycles. The molecular formula is C13H14N2O2. The Kier molecular flexibility index (Phi) is 2.71. The van der Waals surface area contributed by atoms with Gasteiger partial charge < -0.3 is 4.57 Å². The van der Waals surface area contributed by atoms with Gasteiger partial charge in [-0.3, -0.25) is 10.1 Å². The Hall–Kier alpha value is -2.10. The van der Waals surface area contributed by atoms with Gasteiger partial charge in [-0.05, 0) is 45.0 Å². The van der Waals surface area contributed by atoms with Crippen molar-refractivity contribution >= 4 is 5.69 Å². The average molecular weight is 230 g/mol. The summed E-state index contributed by atoms with van der Waals surface area (Å²) in [6.45, 7) is 5.79. The molecule has 0 aliphatic rings. The Balaban J connectivity index is 2.56. The second-order valence-corrected chi connectivity index (χ2v) is 4.18. The van der Waals surface area contributed by atoms with Gasteiger partial charge in [-0.15, -0.1) is 0 Å². The maximum Gasteiger partial charge on any atom is 0.272 e. The van der Waals surface area contributed by atoms with Crippen LogP contribution in [0.4, 0.5) is 5.69 Å². The van der Waals surface area contributed by atoms with E-state index in [1.807, 2.05) is 32.0 Å². The second-order valence-electron chi connectivity index (χ2n) is 4.18. The van der Waals surface area contributed by atoms with E-state index in [0.29, 0.717) is 5.56 Å². The maximum atomic E-state index is 10.8. The van der Waals surface area contributed by atoms with E-state index in [2.05, 4.69) is 4.57 Å². The van der Waals surface area contributed by atoms with Gasteiger partial charge in [0.05, 0.1) is 4.92 Å². The fourth-order valence-electron chi connectivity index (χ4n) is 2.06. The van der Waals surface area contributed by atoms with E-state index >= 15 is 0 Å². The highest BCUT2D eigenvalue weighted by atomic mass is 16.6. The van der Waals surface area contributed by atoms with Crippen molar-refractivity contribution in [3.63, 3.8) is 0 Å². The van der Waals surface area contributed by atoms with Gasteiger partial charge >= 0.3 is 0 Å². The summed E-state index contributed by atoms with van der Waals surface area (Å²) >= 11 is 0. The molecule has 0 N–H and O–H groups in total. The van der Waals surface area contributed by atoms with Gasteiger partial charge in [0, 0.05) is 28.7 Å². The van der Waals surface area contributed by atoms with Crippen molar-refractivity contribution in [2.45, 2.75) is 20.8 Å². The number of nitrogens with zero attached hydrogens (tertiary/aromatic N) is 2. The molecule has 0 bridgehead atoms. The Morgan fingerprint density at radius 1 is 1.06 bits per heavy atom. The molecule has 0 amide bonds. The molecule has 1 heterocycles. The molecule has 0 saturated heterocycles. The molecule has 0 radical (unpaired) electrons. The predicted octanol–water partition coefficient (Wildman–Crippen LogP) is 3.31. The lowest BCUT2D eigenvalue weighted by Gasteiger charge is -2.10. The highest BCUT2D eigenvalue weighted by Gasteiger charge is 2.12. The topological polar surface area (TPSA) is 48.1 Å². The minimum Gasteiger partial charge on any atom is -0.319 e. The van der Waals surface area contributed by atoms with Gasteiger partial charge in [-0.25, -0.2) is 0 Å². The third-order valence-corrected chi connectivity index (χ3v) is 2.91. The lowest BCUT2D eigenvalue weighted by Crippen LogP contribution is -2.00. The molecule has 2 aromatic rings. The van der Waals surface area contributed by atoms with E-state index in [1.165, 1.54) is 0 Å². The fraction of sp³-hybridized carbons (Fsp3) is 0.231. The SMILES string of the molecule is Cc1cc(-n2c(C)ccc2C)ccc1[N+](=O)[O-]. The van der Waals surface area contributed by atoms with Gasteiger partial charge in [0.15, 0.2) is 0 Å². The van der Waals surface area contributed by atoms with Crippen molar-refractivity contribution in [2.24, 2.45) is 0 Å². The smallest absolute Gasteiger partial charge is 0.272 e. The van der Waals surface area contributed by atoms with Gasteiger partial charge in [0.25, 0.3) is 5.69 Å². The Labute approximate surface area is 99.7 Å². The molecule has 0 spiro atoms. The number of aryl methyl sites for hydroxylation is 3. The van der Waals surface area contributed by atoms with Crippen molar-refractivity contribution in [1.29, 1.82) is 0 Å². The van der Waals surface area contributed by atoms with E-state index in [1.54, 1.807) is 19.1 Å². The molecule has 2 rings (SSSR count). The molecule has 4 nitrogen and oxygen atoms in total. The van der Waals surface area contributed by atoms with Crippen LogP contribution in [0.25, 0.3) is 5.69 Å². The maximum absolute atomic E-state index is 10.8. The lowest BCUT2D eigenvalue weighted by atomic mass is 10.2. The van der Waals surface area contributed by atoms with E-state index < -0.39 is 0 Å². The molecule has 0 aliphatic heterocycles. The number of nitro benzene ring substituents is 1. The van der Waals surface area contributed by atoms with Gasteiger partial charge in [-0.1, -0.05) is 0 Å². The third kappa shape index (κ3) is 1.93. The zero-order valence-electron chi connectivity index (χ0n) is 10.1. The molecule has 17 heavy (non-hydrogen) atoms. The van der Waals surface area contributed by atoms with Crippen LogP contribution in [0.1, 0.15) is 17.0 Å². The van der Waals surface area contributed by atoms with Crippen molar-refractivity contribution in [1.82, 2.24) is 4.57 Å². The number of rotatable bonds is 2. The standard InChI is InChI=1S/C13H14N2O2/c1-9-8-12(6-7-13(9)15(16)17)14-10(2)4-5-11(14)3/h4-8H,1-3H3. The van der Waals surface area contributed by atoms with Crippen LogP contribution in [0.2, 0.25) is 0 Å². The van der Waals surface area contributed by atoms with Crippen LogP contribution in [0.15, 0.2) is 30.3 Å². The summed E-state index contributed by atoms with van der Waals surface area (Å²) in [4.78, 5) is 10.4. The van der Waals surface area contributed by atoms with Gasteiger partial charge in [-0.2, -0.15) is 0 Å². The Bertz CT molecular complexity index is 566. The molecule has 0 unspecified atom stereocenters. The summed E-state index contributed by atoms with van der Waals surface area (Å²) in [5.74, 6) is 0. The molecule has 0 saturated carbocycles. The highest BCUT2D eigenvalue weighted by molar-refractivity contribution is 5.49. The number of hydrogen-bond donors (Lipinski definition) is 0. The zero-order chi connectivity index (χ0) is 12.6. The zero-order valence-corrected chi connectivity index (χ0v) is 10.1. The van der Waals surface area contributed by atoms with E-state index in [-0.39, 0.29) is 10.6 Å². The normalized spacial score (nSPS) is 10.5. The van der Waals surface area contributed by atoms with E-state index in [0.717, 1.165) is 17.1 Å². The molecule has 1 aromatic carbocycles. The minimum atomic E-state index is -0.353. The summed E-state index contributed by atoms with van der Waals surface area (Å²) in [6, 6.07) is 9.25. The number of aromatic nitrogens is 1. The first-order valence-corrected chi connectivity index (χ1v) is 5.41. The summed E-state index contributed by atoms with van der Waals surface area (Å²) in [6.07, 6.45) is 0. The second kappa shape index (κ2) is 4.05. The largest absolute Gasteiger partial charge is 0.319 e. The fourth-order valence-corrected chi connectivity index (χ4v) is 2.06. The molecular weight excluding hydrogens is 216 g/mol. The summed E-state index contributed by atoms with van der Waals surface area (Å²) in [7, 11) is 0. The first-order valence-electron chi connectivity index (χ1n) is 5.41. The minimum absolute atomic E-state index is 0.163. The van der Waals surface area contributed by atoms with Crippen LogP contribution in [-0.4, -0.2) is 9.49 Å². The van der Waals surface area contributed by atoms with Crippen molar-refractivity contribution in [2.75, 3.05) is 0 Å². The van der Waals surface area contributed by atoms with Crippen molar-refractivity contribution < 1.29 is 4.92 Å². The van der Waals surface area contributed by atoms with Crippen LogP contribution in [-0.2, 0) is 0 Å². The molecule has 4 heteroatoms. The average Bonchev–Trinajstić information content (AvgIpc) is 2.58. The van der Waals surface area contributed by atoms with Crippen LogP contribution in [0.5, 0.6) is 0 Å². The summed E-state index contributed by atoms with van der Waals surface area (Å²) in [5.41, 5.74) is 4.05. The van der Waals surface area contributed by atoms with Gasteiger partial charge in [0.2, 0.25) is 0 Å². The third-order valence-electron chi connectivity index (χ3n) is 2.91. The number of benzene rings is 1. The first-order chi connectivity index (χ1) is 8.00. The molecule has 88 valence electrons. The van der Waals surface area contributed by atoms with Crippen LogP contribution in [0.3, 0.4) is 0 Å².